The molecule has 1 unspecified atom stereocenters. The predicted octanol–water partition coefficient (Wildman–Crippen LogP) is 5.40. The summed E-state index contributed by atoms with van der Waals surface area (Å²) in [5.41, 5.74) is 1.86. The van der Waals surface area contributed by atoms with Crippen LogP contribution in [-0.4, -0.2) is 23.1 Å². The molecule has 7 nitrogen and oxygen atoms in total. The van der Waals surface area contributed by atoms with Gasteiger partial charge in [0.15, 0.2) is 0 Å². The van der Waals surface area contributed by atoms with E-state index >= 15 is 0 Å². The maximum absolute atomic E-state index is 13.1. The lowest BCUT2D eigenvalue weighted by molar-refractivity contribution is 0.0941. The summed E-state index contributed by atoms with van der Waals surface area (Å²) in [5, 5.41) is 3.18. The van der Waals surface area contributed by atoms with Gasteiger partial charge in [-0.3, -0.25) is 9.52 Å². The molecule has 1 aromatic heterocycles. The van der Waals surface area contributed by atoms with Gasteiger partial charge in [0.25, 0.3) is 15.9 Å². The van der Waals surface area contributed by atoms with Crippen molar-refractivity contribution >= 4 is 71.9 Å². The van der Waals surface area contributed by atoms with E-state index in [0.717, 1.165) is 21.8 Å². The lowest BCUT2D eigenvalue weighted by atomic mass is 10.1. The van der Waals surface area contributed by atoms with Crippen LogP contribution < -0.4 is 10.0 Å². The number of fused-ring (bicyclic) bond motifs is 1. The van der Waals surface area contributed by atoms with Crippen LogP contribution in [0, 0.1) is 0 Å². The first-order valence-corrected chi connectivity index (χ1v) is 12.7. The van der Waals surface area contributed by atoms with Crippen molar-refractivity contribution in [2.75, 3.05) is 4.72 Å². The van der Waals surface area contributed by atoms with E-state index in [1.54, 1.807) is 12.1 Å². The Morgan fingerprint density at radius 1 is 1.09 bits per heavy atom. The van der Waals surface area contributed by atoms with Gasteiger partial charge >= 0.3 is 0 Å². The van der Waals surface area contributed by atoms with Crippen LogP contribution in [-0.2, 0) is 10.0 Å². The molecule has 11 heteroatoms. The highest BCUT2D eigenvalue weighted by atomic mass is 79.9. The molecule has 1 amide bonds. The second-order valence-electron chi connectivity index (χ2n) is 6.93. The van der Waals surface area contributed by atoms with Gasteiger partial charge in [0.05, 0.1) is 29.0 Å². The quantitative estimate of drug-likeness (QED) is 0.334. The Hall–Kier alpha value is -2.53. The number of nitrogens with zero attached hydrogens (tertiary/aromatic N) is 2. The van der Waals surface area contributed by atoms with Crippen LogP contribution in [0.3, 0.4) is 0 Å². The Morgan fingerprint density at radius 2 is 1.84 bits per heavy atom. The summed E-state index contributed by atoms with van der Waals surface area (Å²) in [6.07, 6.45) is 0. The first-order chi connectivity index (χ1) is 15.2. The molecule has 0 radical (unpaired) electrons. The molecular formula is C21H16BrClN4O3S2. The van der Waals surface area contributed by atoms with E-state index in [2.05, 4.69) is 34.7 Å². The average molecular weight is 552 g/mol. The van der Waals surface area contributed by atoms with Gasteiger partial charge in [0, 0.05) is 9.50 Å². The number of benzene rings is 3. The predicted molar refractivity (Wildman–Crippen MR) is 130 cm³/mol. The van der Waals surface area contributed by atoms with E-state index in [-0.39, 0.29) is 32.7 Å². The fourth-order valence-electron chi connectivity index (χ4n) is 3.11. The maximum Gasteiger partial charge on any atom is 0.264 e. The largest absolute Gasteiger partial charge is 0.345 e. The third-order valence-corrected chi connectivity index (χ3v) is 7.43. The topological polar surface area (TPSA) is 101 Å². The Balaban J connectivity index is 1.64. The van der Waals surface area contributed by atoms with E-state index in [9.17, 15) is 13.2 Å². The van der Waals surface area contributed by atoms with Gasteiger partial charge in [0.1, 0.15) is 15.9 Å². The lowest BCUT2D eigenvalue weighted by Gasteiger charge is -2.17. The molecule has 4 rings (SSSR count). The molecular weight excluding hydrogens is 536 g/mol. The number of rotatable bonds is 6. The molecule has 4 aromatic rings. The normalized spacial score (nSPS) is 12.5. The van der Waals surface area contributed by atoms with Crippen LogP contribution in [0.4, 0.5) is 5.69 Å². The summed E-state index contributed by atoms with van der Waals surface area (Å²) in [7, 11) is -4.06. The smallest absolute Gasteiger partial charge is 0.264 e. The number of amides is 1. The van der Waals surface area contributed by atoms with Crippen LogP contribution in [0.15, 0.2) is 70.0 Å². The van der Waals surface area contributed by atoms with Crippen LogP contribution in [0.25, 0.3) is 11.0 Å². The zero-order valence-electron chi connectivity index (χ0n) is 16.5. The van der Waals surface area contributed by atoms with Crippen LogP contribution in [0.2, 0.25) is 5.02 Å². The zero-order valence-corrected chi connectivity index (χ0v) is 20.5. The number of hydrogen-bond donors (Lipinski definition) is 2. The lowest BCUT2D eigenvalue weighted by Crippen LogP contribution is -2.28. The van der Waals surface area contributed by atoms with Crippen molar-refractivity contribution < 1.29 is 13.2 Å². The number of hydrogen-bond acceptors (Lipinski definition) is 6. The third kappa shape index (κ3) is 4.78. The van der Waals surface area contributed by atoms with Gasteiger partial charge in [0.2, 0.25) is 0 Å². The Morgan fingerprint density at radius 3 is 2.59 bits per heavy atom. The van der Waals surface area contributed by atoms with Gasteiger partial charge in [-0.1, -0.05) is 45.7 Å². The van der Waals surface area contributed by atoms with Crippen LogP contribution >= 0.6 is 39.3 Å². The van der Waals surface area contributed by atoms with E-state index in [4.69, 9.17) is 11.6 Å². The molecule has 0 spiro atoms. The summed E-state index contributed by atoms with van der Waals surface area (Å²) in [4.78, 5) is 13.0. The molecule has 0 aliphatic carbocycles. The van der Waals surface area contributed by atoms with E-state index in [0.29, 0.717) is 5.52 Å². The van der Waals surface area contributed by atoms with Crippen molar-refractivity contribution in [2.45, 2.75) is 17.9 Å². The van der Waals surface area contributed by atoms with Gasteiger partial charge in [-0.2, -0.15) is 8.75 Å². The van der Waals surface area contributed by atoms with Gasteiger partial charge < -0.3 is 5.32 Å². The van der Waals surface area contributed by atoms with Crippen molar-refractivity contribution in [2.24, 2.45) is 0 Å². The standard InChI is InChI=1S/C21H16BrClN4O3S2/c1-12(13-5-7-14(22)8-6-13)24-21(28)16-10-9-15(23)11-18(16)27-32(29,30)19-4-2-3-17-20(19)26-31-25-17/h2-12,27H,1H3,(H,24,28). The molecule has 0 fully saturated rings. The molecule has 2 N–H and O–H groups in total. The summed E-state index contributed by atoms with van der Waals surface area (Å²) < 4.78 is 37.8. The summed E-state index contributed by atoms with van der Waals surface area (Å²) >= 11 is 10.4. The number of carbonyl (C=O) groups is 1. The Bertz CT molecular complexity index is 1410. The summed E-state index contributed by atoms with van der Waals surface area (Å²) in [5.74, 6) is -0.441. The van der Waals surface area contributed by atoms with Crippen LogP contribution in [0.1, 0.15) is 28.9 Å². The molecule has 1 atom stereocenters. The Kier molecular flexibility index (Phi) is 6.47. The molecule has 0 bridgehead atoms. The number of halogens is 2. The molecule has 0 saturated carbocycles. The minimum absolute atomic E-state index is 0.0293. The number of carbonyl (C=O) groups excluding carboxylic acids is 1. The van der Waals surface area contributed by atoms with Crippen molar-refractivity contribution in [3.8, 4) is 0 Å². The minimum atomic E-state index is -4.06. The maximum atomic E-state index is 13.1. The molecule has 0 aliphatic rings. The molecule has 164 valence electrons. The second-order valence-corrected chi connectivity index (χ2v) is 10.5. The summed E-state index contributed by atoms with van der Waals surface area (Å²) in [6.45, 7) is 1.84. The highest BCUT2D eigenvalue weighted by Gasteiger charge is 2.23. The zero-order chi connectivity index (χ0) is 22.9. The average Bonchev–Trinajstić information content (AvgIpc) is 3.22. The molecule has 1 heterocycles. The molecule has 3 aromatic carbocycles. The monoisotopic (exact) mass is 550 g/mol. The third-order valence-electron chi connectivity index (χ3n) is 4.73. The fourth-order valence-corrected chi connectivity index (χ4v) is 5.38. The van der Waals surface area contributed by atoms with Crippen molar-refractivity contribution in [1.29, 1.82) is 0 Å². The fraction of sp³-hybridized carbons (Fsp3) is 0.0952. The minimum Gasteiger partial charge on any atom is -0.345 e. The van der Waals surface area contributed by atoms with Crippen molar-refractivity contribution in [3.63, 3.8) is 0 Å². The van der Waals surface area contributed by atoms with Crippen LogP contribution in [0.5, 0.6) is 0 Å². The first kappa shape index (κ1) is 22.7. The SMILES string of the molecule is CC(NC(=O)c1ccc(Cl)cc1NS(=O)(=O)c1cccc2nsnc12)c1ccc(Br)cc1. The highest BCUT2D eigenvalue weighted by Crippen LogP contribution is 2.28. The number of anilines is 1. The van der Waals surface area contributed by atoms with Gasteiger partial charge in [-0.05, 0) is 55.0 Å². The van der Waals surface area contributed by atoms with E-state index < -0.39 is 15.9 Å². The number of aromatic nitrogens is 2. The van der Waals surface area contributed by atoms with Crippen molar-refractivity contribution in [3.05, 3.63) is 81.3 Å². The first-order valence-electron chi connectivity index (χ1n) is 9.34. The number of sulfonamides is 1. The summed E-state index contributed by atoms with van der Waals surface area (Å²) in [6, 6.07) is 16.4. The van der Waals surface area contributed by atoms with Gasteiger partial charge in [-0.25, -0.2) is 8.42 Å². The molecule has 32 heavy (non-hydrogen) atoms. The molecule has 0 aliphatic heterocycles. The number of nitrogens with one attached hydrogen (secondary N) is 2. The van der Waals surface area contributed by atoms with Crippen molar-refractivity contribution in [1.82, 2.24) is 14.1 Å². The highest BCUT2D eigenvalue weighted by molar-refractivity contribution is 9.10. The van der Waals surface area contributed by atoms with Gasteiger partial charge in [-0.15, -0.1) is 0 Å². The Labute approximate surface area is 202 Å². The second kappa shape index (κ2) is 9.14. The van der Waals surface area contributed by atoms with E-state index in [1.165, 1.54) is 24.3 Å². The van der Waals surface area contributed by atoms with E-state index in [1.807, 2.05) is 31.2 Å². The molecule has 0 saturated heterocycles.